The van der Waals surface area contributed by atoms with Crippen molar-refractivity contribution in [2.24, 2.45) is 0 Å². The van der Waals surface area contributed by atoms with Crippen LogP contribution in [0.5, 0.6) is 5.75 Å². The molecular weight excluding hydrogens is 544 g/mol. The van der Waals surface area contributed by atoms with Gasteiger partial charge in [0.25, 0.3) is 0 Å². The number of carbonyl (C=O) groups is 4. The van der Waals surface area contributed by atoms with Crippen LogP contribution in [0.25, 0.3) is 0 Å². The highest BCUT2D eigenvalue weighted by molar-refractivity contribution is 6.31. The van der Waals surface area contributed by atoms with Crippen molar-refractivity contribution in [2.75, 3.05) is 13.2 Å². The van der Waals surface area contributed by atoms with E-state index in [-0.39, 0.29) is 6.61 Å². The van der Waals surface area contributed by atoms with E-state index in [1.54, 1.807) is 12.1 Å². The minimum Gasteiger partial charge on any atom is -0.494 e. The summed E-state index contributed by atoms with van der Waals surface area (Å²) in [5, 5.41) is 0.514. The molecule has 0 bridgehead atoms. The molecule has 0 spiro atoms. The Morgan fingerprint density at radius 2 is 1.52 bits per heavy atom. The second kappa shape index (κ2) is 14.1. The minimum absolute atomic E-state index is 0.361. The molecule has 1 saturated heterocycles. The van der Waals surface area contributed by atoms with E-state index in [1.807, 2.05) is 37.3 Å². The maximum absolute atomic E-state index is 12.1. The Morgan fingerprint density at radius 3 is 2.10 bits per heavy atom. The van der Waals surface area contributed by atoms with Crippen molar-refractivity contribution >= 4 is 35.5 Å². The third-order valence-corrected chi connectivity index (χ3v) is 6.38. The molecule has 0 radical (unpaired) electrons. The molecule has 0 aromatic heterocycles. The standard InChI is InChI=1S/C29H33ClO10/c1-6-35-23-10-7-20(8-11-23)13-22-14-21(9-12-24(22)30)26-28(38-18(4)33)29(39-19(5)34)27(40-26)25(37-17(3)32)15-36-16(2)31/h7-12,14,25-29H,6,13,15H2,1-5H3/t25-,26?,27?,28+,29+/m1/s1. The van der Waals surface area contributed by atoms with Gasteiger partial charge < -0.3 is 28.4 Å². The number of esters is 4. The summed E-state index contributed by atoms with van der Waals surface area (Å²) in [5.41, 5.74) is 2.35. The van der Waals surface area contributed by atoms with Crippen LogP contribution in [0.1, 0.15) is 57.4 Å². The van der Waals surface area contributed by atoms with Crippen molar-refractivity contribution in [1.29, 1.82) is 0 Å². The Bertz CT molecular complexity index is 1210. The van der Waals surface area contributed by atoms with Crippen LogP contribution in [0.4, 0.5) is 0 Å². The number of carbonyl (C=O) groups excluding carboxylic acids is 4. The van der Waals surface area contributed by atoms with Crippen LogP contribution in [0.3, 0.4) is 0 Å². The lowest BCUT2D eigenvalue weighted by molar-refractivity contribution is -0.176. The molecule has 1 aliphatic rings. The fourth-order valence-corrected chi connectivity index (χ4v) is 4.69. The Labute approximate surface area is 237 Å². The van der Waals surface area contributed by atoms with Gasteiger partial charge in [0, 0.05) is 32.7 Å². The monoisotopic (exact) mass is 576 g/mol. The molecule has 11 heteroatoms. The quantitative estimate of drug-likeness (QED) is 0.285. The summed E-state index contributed by atoms with van der Waals surface area (Å²) in [6.07, 6.45) is -4.97. The van der Waals surface area contributed by atoms with Gasteiger partial charge in [0.05, 0.1) is 6.61 Å². The Hall–Kier alpha value is -3.63. The summed E-state index contributed by atoms with van der Waals surface area (Å²) >= 11 is 6.53. The van der Waals surface area contributed by atoms with Gasteiger partial charge in [0.1, 0.15) is 24.6 Å². The first-order valence-electron chi connectivity index (χ1n) is 12.8. The molecule has 5 atom stereocenters. The summed E-state index contributed by atoms with van der Waals surface area (Å²) in [7, 11) is 0. The fraction of sp³-hybridized carbons (Fsp3) is 0.448. The zero-order valence-corrected chi connectivity index (χ0v) is 23.8. The number of benzene rings is 2. The van der Waals surface area contributed by atoms with E-state index in [9.17, 15) is 19.2 Å². The molecular formula is C29H33ClO10. The smallest absolute Gasteiger partial charge is 0.303 e. The molecule has 2 unspecified atom stereocenters. The van der Waals surface area contributed by atoms with E-state index in [1.165, 1.54) is 27.7 Å². The van der Waals surface area contributed by atoms with Crippen LogP contribution < -0.4 is 4.74 Å². The van der Waals surface area contributed by atoms with Crippen LogP contribution in [0, 0.1) is 0 Å². The summed E-state index contributed by atoms with van der Waals surface area (Å²) in [5.74, 6) is -1.82. The number of hydrogen-bond acceptors (Lipinski definition) is 10. The van der Waals surface area contributed by atoms with Crippen LogP contribution >= 0.6 is 11.6 Å². The molecule has 10 nitrogen and oxygen atoms in total. The number of ether oxygens (including phenoxy) is 6. The molecule has 0 saturated carbocycles. The molecule has 2 aromatic rings. The van der Waals surface area contributed by atoms with E-state index in [0.29, 0.717) is 23.6 Å². The van der Waals surface area contributed by atoms with Gasteiger partial charge in [-0.25, -0.2) is 0 Å². The lowest BCUT2D eigenvalue weighted by Crippen LogP contribution is -2.46. The van der Waals surface area contributed by atoms with Crippen LogP contribution in [-0.2, 0) is 49.3 Å². The highest BCUT2D eigenvalue weighted by Crippen LogP contribution is 2.40. The van der Waals surface area contributed by atoms with Crippen LogP contribution in [0.15, 0.2) is 42.5 Å². The van der Waals surface area contributed by atoms with Gasteiger partial charge in [0.2, 0.25) is 0 Å². The van der Waals surface area contributed by atoms with Crippen molar-refractivity contribution < 1.29 is 47.6 Å². The van der Waals surface area contributed by atoms with Gasteiger partial charge in [-0.15, -0.1) is 0 Å². The minimum atomic E-state index is -1.17. The average Bonchev–Trinajstić information content (AvgIpc) is 3.20. The Balaban J connectivity index is 1.99. The molecule has 3 rings (SSSR count). The van der Waals surface area contributed by atoms with Gasteiger partial charge in [0.15, 0.2) is 18.3 Å². The largest absolute Gasteiger partial charge is 0.494 e. The zero-order chi connectivity index (χ0) is 29.4. The van der Waals surface area contributed by atoms with Crippen molar-refractivity contribution in [3.05, 3.63) is 64.2 Å². The van der Waals surface area contributed by atoms with E-state index in [0.717, 1.165) is 16.9 Å². The molecule has 1 fully saturated rings. The van der Waals surface area contributed by atoms with Crippen molar-refractivity contribution in [3.63, 3.8) is 0 Å². The molecule has 1 heterocycles. The molecule has 216 valence electrons. The highest BCUT2D eigenvalue weighted by Gasteiger charge is 2.53. The van der Waals surface area contributed by atoms with E-state index >= 15 is 0 Å². The molecule has 0 N–H and O–H groups in total. The van der Waals surface area contributed by atoms with Crippen LogP contribution in [0.2, 0.25) is 5.02 Å². The van der Waals surface area contributed by atoms with E-state index in [2.05, 4.69) is 0 Å². The van der Waals surface area contributed by atoms with Gasteiger partial charge in [-0.3, -0.25) is 19.2 Å². The lowest BCUT2D eigenvalue weighted by Gasteiger charge is -2.27. The van der Waals surface area contributed by atoms with Crippen molar-refractivity contribution in [3.8, 4) is 5.75 Å². The molecule has 0 amide bonds. The highest BCUT2D eigenvalue weighted by atomic mass is 35.5. The van der Waals surface area contributed by atoms with E-state index < -0.39 is 54.4 Å². The number of hydrogen-bond donors (Lipinski definition) is 0. The number of rotatable bonds is 11. The summed E-state index contributed by atoms with van der Waals surface area (Å²) < 4.78 is 33.4. The third kappa shape index (κ3) is 8.43. The third-order valence-electron chi connectivity index (χ3n) is 6.02. The average molecular weight is 577 g/mol. The Kier molecular flexibility index (Phi) is 10.9. The normalized spacial score (nSPS) is 20.8. The second-order valence-corrected chi connectivity index (χ2v) is 9.63. The lowest BCUT2D eigenvalue weighted by atomic mass is 9.96. The summed E-state index contributed by atoms with van der Waals surface area (Å²) in [6, 6.07) is 12.9. The first kappa shape index (κ1) is 30.9. The fourth-order valence-electron chi connectivity index (χ4n) is 4.50. The summed E-state index contributed by atoms with van der Waals surface area (Å²) in [6.45, 7) is 6.91. The summed E-state index contributed by atoms with van der Waals surface area (Å²) in [4.78, 5) is 47.5. The first-order valence-corrected chi connectivity index (χ1v) is 13.2. The van der Waals surface area contributed by atoms with Crippen molar-refractivity contribution in [2.45, 2.75) is 71.6 Å². The second-order valence-electron chi connectivity index (χ2n) is 9.22. The maximum atomic E-state index is 12.1. The molecule has 1 aliphatic heterocycles. The molecule has 0 aliphatic carbocycles. The molecule has 40 heavy (non-hydrogen) atoms. The predicted octanol–water partition coefficient (Wildman–Crippen LogP) is 4.13. The van der Waals surface area contributed by atoms with Gasteiger partial charge >= 0.3 is 23.9 Å². The predicted molar refractivity (Wildman–Crippen MR) is 143 cm³/mol. The van der Waals surface area contributed by atoms with Gasteiger partial charge in [-0.05, 0) is 48.2 Å². The van der Waals surface area contributed by atoms with Crippen LogP contribution in [-0.4, -0.2) is 61.5 Å². The van der Waals surface area contributed by atoms with Gasteiger partial charge in [-0.2, -0.15) is 0 Å². The van der Waals surface area contributed by atoms with Gasteiger partial charge in [-0.1, -0.05) is 35.9 Å². The SMILES string of the molecule is CCOc1ccc(Cc2cc(C3OC([C@@H](COC(C)=O)OC(C)=O)[C@H](OC(C)=O)[C@H]3OC(C)=O)ccc2Cl)cc1. The topological polar surface area (TPSA) is 124 Å². The first-order chi connectivity index (χ1) is 19.0. The zero-order valence-electron chi connectivity index (χ0n) is 23.0. The Morgan fingerprint density at radius 1 is 0.875 bits per heavy atom. The van der Waals surface area contributed by atoms with Crippen molar-refractivity contribution in [1.82, 2.24) is 0 Å². The van der Waals surface area contributed by atoms with E-state index in [4.69, 9.17) is 40.0 Å². The maximum Gasteiger partial charge on any atom is 0.303 e. The molecule has 2 aromatic carbocycles. The number of halogens is 1.